The molecule has 0 atom stereocenters. The van der Waals surface area contributed by atoms with Gasteiger partial charge in [0, 0.05) is 30.9 Å². The maximum atomic E-state index is 6.13. The zero-order valence-electron chi connectivity index (χ0n) is 11.7. The number of aromatic nitrogens is 1. The number of hydrogen-bond donors (Lipinski definition) is 1. The van der Waals surface area contributed by atoms with E-state index in [-0.39, 0.29) is 0 Å². The van der Waals surface area contributed by atoms with Crippen LogP contribution in [-0.4, -0.2) is 11.0 Å². The van der Waals surface area contributed by atoms with Crippen molar-refractivity contribution < 1.29 is 4.74 Å². The van der Waals surface area contributed by atoms with Crippen LogP contribution in [0.5, 0.6) is 11.6 Å². The summed E-state index contributed by atoms with van der Waals surface area (Å²) in [5.41, 5.74) is 0.926. The molecule has 1 aromatic heterocycles. The highest BCUT2D eigenvalue weighted by molar-refractivity contribution is 6.42. The van der Waals surface area contributed by atoms with Crippen LogP contribution in [0.2, 0.25) is 15.1 Å². The summed E-state index contributed by atoms with van der Waals surface area (Å²) < 4.78 is 5.68. The normalized spacial score (nSPS) is 11.0. The van der Waals surface area contributed by atoms with Gasteiger partial charge in [-0.15, -0.1) is 0 Å². The zero-order valence-corrected chi connectivity index (χ0v) is 13.9. The second-order valence-corrected chi connectivity index (χ2v) is 6.05. The lowest BCUT2D eigenvalue weighted by Gasteiger charge is -2.11. The molecule has 0 radical (unpaired) electrons. The van der Waals surface area contributed by atoms with E-state index in [4.69, 9.17) is 39.5 Å². The molecule has 0 saturated carbocycles. The summed E-state index contributed by atoms with van der Waals surface area (Å²) in [6.45, 7) is 4.79. The minimum absolute atomic E-state index is 0.369. The largest absolute Gasteiger partial charge is 0.439 e. The molecule has 1 aromatic carbocycles. The third-order valence-electron chi connectivity index (χ3n) is 2.72. The number of rotatable bonds is 5. The second kappa shape index (κ2) is 7.32. The van der Waals surface area contributed by atoms with E-state index in [0.29, 0.717) is 39.3 Å². The minimum atomic E-state index is 0.369. The minimum Gasteiger partial charge on any atom is -0.439 e. The van der Waals surface area contributed by atoms with Gasteiger partial charge < -0.3 is 10.1 Å². The Balaban J connectivity index is 2.16. The number of nitrogens with one attached hydrogen (secondary N) is 1. The molecule has 112 valence electrons. The summed E-state index contributed by atoms with van der Waals surface area (Å²) in [6, 6.07) is 7.23. The van der Waals surface area contributed by atoms with E-state index < -0.39 is 0 Å². The van der Waals surface area contributed by atoms with Crippen molar-refractivity contribution in [1.29, 1.82) is 0 Å². The van der Waals surface area contributed by atoms with Crippen LogP contribution >= 0.6 is 34.8 Å². The molecule has 2 aromatic rings. The fraction of sp³-hybridized carbons (Fsp3) is 0.267. The van der Waals surface area contributed by atoms with E-state index >= 15 is 0 Å². The van der Waals surface area contributed by atoms with Crippen molar-refractivity contribution in [2.24, 2.45) is 0 Å². The van der Waals surface area contributed by atoms with Gasteiger partial charge in [-0.2, -0.15) is 0 Å². The van der Waals surface area contributed by atoms with E-state index in [9.17, 15) is 0 Å². The molecule has 0 spiro atoms. The van der Waals surface area contributed by atoms with Crippen LogP contribution in [0, 0.1) is 0 Å². The lowest BCUT2D eigenvalue weighted by atomic mass is 10.2. The summed E-state index contributed by atoms with van der Waals surface area (Å²) in [5.74, 6) is 1.03. The lowest BCUT2D eigenvalue weighted by Crippen LogP contribution is -2.22. The number of hydrogen-bond acceptors (Lipinski definition) is 3. The predicted molar refractivity (Wildman–Crippen MR) is 87.8 cm³/mol. The first kappa shape index (κ1) is 16.4. The highest BCUT2D eigenvalue weighted by Crippen LogP contribution is 2.29. The molecule has 1 heterocycles. The van der Waals surface area contributed by atoms with Gasteiger partial charge in [-0.25, -0.2) is 4.98 Å². The van der Waals surface area contributed by atoms with E-state index in [0.717, 1.165) is 5.56 Å². The molecule has 6 heteroatoms. The Bertz CT molecular complexity index is 632. The summed E-state index contributed by atoms with van der Waals surface area (Å²) >= 11 is 18.0. The number of benzene rings is 1. The number of halogens is 3. The van der Waals surface area contributed by atoms with Crippen LogP contribution in [0.1, 0.15) is 19.4 Å². The van der Waals surface area contributed by atoms with Crippen LogP contribution < -0.4 is 10.1 Å². The summed E-state index contributed by atoms with van der Waals surface area (Å²) in [6.07, 6.45) is 1.58. The first-order valence-corrected chi connectivity index (χ1v) is 7.60. The van der Waals surface area contributed by atoms with Gasteiger partial charge >= 0.3 is 0 Å². The van der Waals surface area contributed by atoms with Crippen LogP contribution in [0.25, 0.3) is 0 Å². The Morgan fingerprint density at radius 3 is 2.52 bits per heavy atom. The van der Waals surface area contributed by atoms with Gasteiger partial charge in [0.25, 0.3) is 0 Å². The van der Waals surface area contributed by atoms with Crippen LogP contribution in [0.15, 0.2) is 30.5 Å². The van der Waals surface area contributed by atoms with Gasteiger partial charge in [-0.3, -0.25) is 0 Å². The smallest absolute Gasteiger partial charge is 0.219 e. The SMILES string of the molecule is CC(C)NCc1cc(Oc2ccc(Cl)c(Cl)c2)ncc1Cl. The molecule has 0 aliphatic heterocycles. The molecule has 0 saturated heterocycles. The first-order chi connectivity index (χ1) is 9.95. The fourth-order valence-corrected chi connectivity index (χ4v) is 2.08. The Kier molecular flexibility index (Phi) is 5.71. The van der Waals surface area contributed by atoms with Gasteiger partial charge in [-0.1, -0.05) is 48.7 Å². The molecule has 1 N–H and O–H groups in total. The van der Waals surface area contributed by atoms with Crippen molar-refractivity contribution in [3.63, 3.8) is 0 Å². The molecule has 0 aliphatic rings. The highest BCUT2D eigenvalue weighted by atomic mass is 35.5. The predicted octanol–water partition coefficient (Wildman–Crippen LogP) is 5.33. The van der Waals surface area contributed by atoms with Gasteiger partial charge in [0.15, 0.2) is 0 Å². The van der Waals surface area contributed by atoms with Crippen molar-refractivity contribution in [2.75, 3.05) is 0 Å². The molecule has 0 unspecified atom stereocenters. The van der Waals surface area contributed by atoms with E-state index in [1.54, 1.807) is 30.5 Å². The Morgan fingerprint density at radius 2 is 1.86 bits per heavy atom. The van der Waals surface area contributed by atoms with Crippen molar-refractivity contribution in [3.05, 3.63) is 51.1 Å². The number of pyridine rings is 1. The van der Waals surface area contributed by atoms with Crippen LogP contribution in [0.3, 0.4) is 0 Å². The Labute approximate surface area is 139 Å². The van der Waals surface area contributed by atoms with Crippen molar-refractivity contribution in [3.8, 4) is 11.6 Å². The van der Waals surface area contributed by atoms with Gasteiger partial charge in [0.2, 0.25) is 5.88 Å². The molecule has 3 nitrogen and oxygen atoms in total. The maximum absolute atomic E-state index is 6.13. The summed E-state index contributed by atoms with van der Waals surface area (Å²) in [4.78, 5) is 4.16. The topological polar surface area (TPSA) is 34.1 Å². The zero-order chi connectivity index (χ0) is 15.4. The monoisotopic (exact) mass is 344 g/mol. The molecule has 0 aliphatic carbocycles. The number of ether oxygens (including phenoxy) is 1. The van der Waals surface area contributed by atoms with Crippen molar-refractivity contribution in [1.82, 2.24) is 10.3 Å². The van der Waals surface area contributed by atoms with E-state index in [2.05, 4.69) is 24.1 Å². The van der Waals surface area contributed by atoms with Gasteiger partial charge in [0.05, 0.1) is 15.1 Å². The van der Waals surface area contributed by atoms with E-state index in [1.807, 2.05) is 0 Å². The first-order valence-electron chi connectivity index (χ1n) is 6.46. The molecule has 0 fully saturated rings. The molecule has 0 amide bonds. The average molecular weight is 346 g/mol. The van der Waals surface area contributed by atoms with Gasteiger partial charge in [-0.05, 0) is 17.7 Å². The van der Waals surface area contributed by atoms with Crippen LogP contribution in [-0.2, 0) is 6.54 Å². The second-order valence-electron chi connectivity index (χ2n) is 4.83. The fourth-order valence-electron chi connectivity index (χ4n) is 1.62. The molecule has 2 rings (SSSR count). The standard InChI is InChI=1S/C15H15Cl3N2O/c1-9(2)19-7-10-5-15(20-8-14(10)18)21-11-3-4-12(16)13(17)6-11/h3-6,8-9,19H,7H2,1-2H3. The highest BCUT2D eigenvalue weighted by Gasteiger charge is 2.07. The average Bonchev–Trinajstić information content (AvgIpc) is 2.43. The number of nitrogens with zero attached hydrogens (tertiary/aromatic N) is 1. The van der Waals surface area contributed by atoms with E-state index in [1.165, 1.54) is 0 Å². The summed E-state index contributed by atoms with van der Waals surface area (Å²) in [5, 5.41) is 4.82. The molecular weight excluding hydrogens is 331 g/mol. The third-order valence-corrected chi connectivity index (χ3v) is 3.80. The quantitative estimate of drug-likeness (QED) is 0.795. The van der Waals surface area contributed by atoms with Crippen LogP contribution in [0.4, 0.5) is 0 Å². The van der Waals surface area contributed by atoms with Crippen molar-refractivity contribution >= 4 is 34.8 Å². The maximum Gasteiger partial charge on any atom is 0.219 e. The Morgan fingerprint density at radius 1 is 1.10 bits per heavy atom. The Hall–Kier alpha value is -1.00. The summed E-state index contributed by atoms with van der Waals surface area (Å²) in [7, 11) is 0. The van der Waals surface area contributed by atoms with Crippen molar-refractivity contribution in [2.45, 2.75) is 26.4 Å². The lowest BCUT2D eigenvalue weighted by molar-refractivity contribution is 0.461. The molecule has 21 heavy (non-hydrogen) atoms. The van der Waals surface area contributed by atoms with Gasteiger partial charge in [0.1, 0.15) is 5.75 Å². The molecular formula is C15H15Cl3N2O. The molecule has 0 bridgehead atoms. The third kappa shape index (κ3) is 4.75.